The minimum Gasteiger partial charge on any atom is -0.396 e. The first kappa shape index (κ1) is 14.5. The van der Waals surface area contributed by atoms with Gasteiger partial charge in [0.15, 0.2) is 16.3 Å². The van der Waals surface area contributed by atoms with Gasteiger partial charge in [-0.25, -0.2) is 0 Å². The summed E-state index contributed by atoms with van der Waals surface area (Å²) in [6, 6.07) is 0. The smallest absolute Gasteiger partial charge is 0.171 e. The fraction of sp³-hybridized carbons (Fsp3) is 1.00. The molecule has 0 heterocycles. The molecule has 0 aromatic heterocycles. The van der Waals surface area contributed by atoms with Gasteiger partial charge in [-0.15, -0.1) is 0 Å². The Morgan fingerprint density at radius 2 is 1.57 bits per heavy atom. The Labute approximate surface area is 99.5 Å². The van der Waals surface area contributed by atoms with E-state index >= 15 is 0 Å². The topological polar surface area (TPSA) is 9.23 Å². The van der Waals surface area contributed by atoms with Crippen LogP contribution < -0.4 is 0 Å². The molecule has 2 radical (unpaired) electrons. The Kier molecular flexibility index (Phi) is 12.0. The van der Waals surface area contributed by atoms with Crippen LogP contribution in [0.5, 0.6) is 0 Å². The van der Waals surface area contributed by atoms with E-state index in [-0.39, 0.29) is 1.43 Å². The van der Waals surface area contributed by atoms with Gasteiger partial charge in [0.1, 0.15) is 0 Å². The molecule has 0 amide bonds. The SMILES string of the molecule is CCCCCCCCC[CH]([Al])OCC.[HH]. The number of hydrogen-bond donors (Lipinski definition) is 0. The summed E-state index contributed by atoms with van der Waals surface area (Å²) < 4.78 is 5.45. The van der Waals surface area contributed by atoms with E-state index in [1.807, 2.05) is 0 Å². The fourth-order valence-corrected chi connectivity index (χ4v) is 2.03. The van der Waals surface area contributed by atoms with E-state index in [1.165, 1.54) is 51.4 Å². The third-order valence-electron chi connectivity index (χ3n) is 2.47. The van der Waals surface area contributed by atoms with E-state index in [0.717, 1.165) is 6.61 Å². The highest BCUT2D eigenvalue weighted by atomic mass is 27.0. The summed E-state index contributed by atoms with van der Waals surface area (Å²) in [4.78, 5) is 0.385. The molecule has 14 heavy (non-hydrogen) atoms. The molecule has 0 rings (SSSR count). The molecule has 0 aliphatic rings. The summed E-state index contributed by atoms with van der Waals surface area (Å²) in [5.41, 5.74) is 0. The Bertz CT molecular complexity index is 112. The van der Waals surface area contributed by atoms with E-state index in [0.29, 0.717) is 4.97 Å². The van der Waals surface area contributed by atoms with Crippen LogP contribution in [0.4, 0.5) is 0 Å². The van der Waals surface area contributed by atoms with Crippen molar-refractivity contribution in [1.29, 1.82) is 0 Å². The number of hydrogen-bond acceptors (Lipinski definition) is 1. The molecule has 2 heteroatoms. The second-order valence-electron chi connectivity index (χ2n) is 3.90. The lowest BCUT2D eigenvalue weighted by Crippen LogP contribution is -2.12. The van der Waals surface area contributed by atoms with Gasteiger partial charge in [0.2, 0.25) is 0 Å². The molecule has 0 aliphatic carbocycles. The molecular weight excluding hydrogens is 187 g/mol. The third kappa shape index (κ3) is 10.6. The molecule has 0 saturated carbocycles. The Balaban J connectivity index is 0. The number of unbranched alkanes of at least 4 members (excludes halogenated alkanes) is 6. The third-order valence-corrected chi connectivity index (χ3v) is 3.00. The lowest BCUT2D eigenvalue weighted by atomic mass is 10.1. The average Bonchev–Trinajstić information content (AvgIpc) is 2.17. The van der Waals surface area contributed by atoms with Gasteiger partial charge in [-0.3, -0.25) is 0 Å². The molecule has 1 unspecified atom stereocenters. The molecule has 0 N–H and O–H groups in total. The van der Waals surface area contributed by atoms with Crippen molar-refractivity contribution in [2.75, 3.05) is 6.61 Å². The van der Waals surface area contributed by atoms with Gasteiger partial charge in [-0.05, 0) is 18.3 Å². The predicted molar refractivity (Wildman–Crippen MR) is 65.9 cm³/mol. The first-order chi connectivity index (χ1) is 6.81. The molecule has 0 aromatic rings. The van der Waals surface area contributed by atoms with Crippen LogP contribution in [0.3, 0.4) is 0 Å². The lowest BCUT2D eigenvalue weighted by Gasteiger charge is -2.11. The van der Waals surface area contributed by atoms with Gasteiger partial charge in [0.05, 0.1) is 0 Å². The molecule has 1 atom stereocenters. The summed E-state index contributed by atoms with van der Waals surface area (Å²) in [7, 11) is 0. The summed E-state index contributed by atoms with van der Waals surface area (Å²) in [6.45, 7) is 5.16. The maximum Gasteiger partial charge on any atom is 0.171 e. The van der Waals surface area contributed by atoms with Crippen molar-refractivity contribution in [3.63, 3.8) is 0 Å². The van der Waals surface area contributed by atoms with Gasteiger partial charge >= 0.3 is 0 Å². The van der Waals surface area contributed by atoms with Crippen LogP contribution in [0, 0.1) is 0 Å². The van der Waals surface area contributed by atoms with Crippen LogP contribution in [0.15, 0.2) is 0 Å². The minimum absolute atomic E-state index is 0. The maximum absolute atomic E-state index is 5.45. The highest BCUT2D eigenvalue weighted by Crippen LogP contribution is 2.09. The van der Waals surface area contributed by atoms with Crippen LogP contribution in [0.2, 0.25) is 0 Å². The van der Waals surface area contributed by atoms with E-state index in [2.05, 4.69) is 30.1 Å². The Morgan fingerprint density at radius 3 is 2.14 bits per heavy atom. The minimum atomic E-state index is 0. The summed E-state index contributed by atoms with van der Waals surface area (Å²) in [6.07, 6.45) is 10.9. The molecule has 0 saturated heterocycles. The monoisotopic (exact) mass is 214 g/mol. The first-order valence-corrected chi connectivity index (χ1v) is 6.85. The number of rotatable bonds is 10. The van der Waals surface area contributed by atoms with Crippen molar-refractivity contribution < 1.29 is 6.16 Å². The van der Waals surface area contributed by atoms with Crippen molar-refractivity contribution >= 4 is 16.3 Å². The van der Waals surface area contributed by atoms with Crippen LogP contribution in [-0.2, 0) is 4.74 Å². The summed E-state index contributed by atoms with van der Waals surface area (Å²) in [5.74, 6) is 0. The molecule has 1 nitrogen and oxygen atoms in total. The molecule has 0 fully saturated rings. The standard InChI is InChI=1S/C12H25O.Al.H2/c1-3-5-6-7-8-9-10-11-12-13-4-2;;/h12H,3-11H2,1-2H3;;1H. The second kappa shape index (κ2) is 11.6. The van der Waals surface area contributed by atoms with Crippen molar-refractivity contribution in [2.24, 2.45) is 0 Å². The summed E-state index contributed by atoms with van der Waals surface area (Å²) in [5, 5.41) is 0. The van der Waals surface area contributed by atoms with E-state index in [9.17, 15) is 0 Å². The van der Waals surface area contributed by atoms with Crippen LogP contribution in [0.1, 0.15) is 66.6 Å². The Hall–Kier alpha value is 0.492. The molecular formula is C12H27AlO. The summed E-state index contributed by atoms with van der Waals surface area (Å²) >= 11 is 2.77. The zero-order chi connectivity index (χ0) is 10.6. The van der Waals surface area contributed by atoms with Gasteiger partial charge in [0, 0.05) is 8.03 Å². The zero-order valence-electron chi connectivity index (χ0n) is 9.93. The first-order valence-electron chi connectivity index (χ1n) is 6.18. The van der Waals surface area contributed by atoms with Gasteiger partial charge < -0.3 is 4.74 Å². The predicted octanol–water partition coefficient (Wildman–Crippen LogP) is 3.90. The van der Waals surface area contributed by atoms with Gasteiger partial charge in [-0.1, -0.05) is 51.9 Å². The molecule has 0 aliphatic heterocycles. The molecule has 0 spiro atoms. The van der Waals surface area contributed by atoms with Crippen LogP contribution >= 0.6 is 0 Å². The van der Waals surface area contributed by atoms with Crippen LogP contribution in [0.25, 0.3) is 0 Å². The van der Waals surface area contributed by atoms with Crippen LogP contribution in [-0.4, -0.2) is 27.9 Å². The van der Waals surface area contributed by atoms with Gasteiger partial charge in [-0.2, -0.15) is 0 Å². The molecule has 84 valence electrons. The van der Waals surface area contributed by atoms with Crippen molar-refractivity contribution in [1.82, 2.24) is 0 Å². The molecule has 0 bridgehead atoms. The Morgan fingerprint density at radius 1 is 1.00 bits per heavy atom. The normalized spacial score (nSPS) is 13.0. The molecule has 0 aromatic carbocycles. The highest BCUT2D eigenvalue weighted by Gasteiger charge is 1.98. The average molecular weight is 214 g/mol. The van der Waals surface area contributed by atoms with E-state index in [4.69, 9.17) is 4.74 Å². The highest BCUT2D eigenvalue weighted by molar-refractivity contribution is 6.10. The maximum atomic E-state index is 5.45. The second-order valence-corrected chi connectivity index (χ2v) is 4.65. The van der Waals surface area contributed by atoms with Gasteiger partial charge in [0.25, 0.3) is 0 Å². The quantitative estimate of drug-likeness (QED) is 0.396. The number of ether oxygens (including phenoxy) is 1. The van der Waals surface area contributed by atoms with E-state index in [1.54, 1.807) is 0 Å². The zero-order valence-corrected chi connectivity index (χ0v) is 11.1. The lowest BCUT2D eigenvalue weighted by molar-refractivity contribution is 0.111. The fourth-order valence-electron chi connectivity index (χ4n) is 1.60. The largest absolute Gasteiger partial charge is 0.396 e. The van der Waals surface area contributed by atoms with Crippen molar-refractivity contribution in [3.8, 4) is 0 Å². The van der Waals surface area contributed by atoms with Crippen molar-refractivity contribution in [3.05, 3.63) is 0 Å². The van der Waals surface area contributed by atoms with E-state index < -0.39 is 0 Å². The van der Waals surface area contributed by atoms with Crippen molar-refractivity contribution in [2.45, 2.75) is 70.2 Å².